The number of carbonyl (C=O) groups excluding carboxylic acids is 3. The second kappa shape index (κ2) is 26.8. The maximum absolute atomic E-state index is 12.9. The molecule has 0 aromatic heterocycles. The van der Waals surface area contributed by atoms with Crippen molar-refractivity contribution in [3.63, 3.8) is 0 Å². The van der Waals surface area contributed by atoms with Crippen molar-refractivity contribution in [3.05, 3.63) is 0 Å². The number of carbonyl (C=O) groups is 3. The highest BCUT2D eigenvalue weighted by molar-refractivity contribution is 5.79. The van der Waals surface area contributed by atoms with Crippen LogP contribution in [-0.2, 0) is 52.3 Å². The number of aliphatic hydroxyl groups excluding tert-OH is 9. The van der Waals surface area contributed by atoms with Crippen LogP contribution in [0.3, 0.4) is 0 Å². The zero-order valence-corrected chi connectivity index (χ0v) is 36.2. The Kier molecular flexibility index (Phi) is 23.4. The molecule has 0 saturated carbocycles. The number of Topliss-reactive ketones (excluding diaryl/α,β-unsaturated/α-hetero) is 1. The predicted molar refractivity (Wildman–Crippen MR) is 211 cm³/mol. The lowest BCUT2D eigenvalue weighted by atomic mass is 9.92. The summed E-state index contributed by atoms with van der Waals surface area (Å²) < 4.78 is 45.1. The van der Waals surface area contributed by atoms with Crippen LogP contribution in [0.25, 0.3) is 0 Å². The fourth-order valence-electron chi connectivity index (χ4n) is 7.38. The molecule has 0 bridgehead atoms. The molecule has 0 radical (unpaired) electrons. The van der Waals surface area contributed by atoms with E-state index in [-0.39, 0.29) is 77.4 Å². The number of ether oxygens (including phenoxy) is 8. The first-order chi connectivity index (χ1) is 29.4. The van der Waals surface area contributed by atoms with Gasteiger partial charge in [-0.2, -0.15) is 0 Å². The van der Waals surface area contributed by atoms with Gasteiger partial charge in [-0.1, -0.05) is 34.6 Å². The summed E-state index contributed by atoms with van der Waals surface area (Å²) in [6.07, 6.45) is -13.3. The Bertz CT molecular complexity index is 1180. The lowest BCUT2D eigenvalue weighted by molar-refractivity contribution is -0.283. The second-order valence-corrected chi connectivity index (χ2v) is 16.6. The average Bonchev–Trinajstić information content (AvgIpc) is 3.23. The minimum atomic E-state index is -1.31. The smallest absolute Gasteiger partial charge is 0.247 e. The third-order valence-corrected chi connectivity index (χ3v) is 11.2. The summed E-state index contributed by atoms with van der Waals surface area (Å²) in [5, 5.41) is 98.0. The van der Waals surface area contributed by atoms with E-state index in [2.05, 4.69) is 16.0 Å². The minimum absolute atomic E-state index is 0.00963. The second-order valence-electron chi connectivity index (χ2n) is 16.6. The Morgan fingerprint density at radius 1 is 0.597 bits per heavy atom. The summed E-state index contributed by atoms with van der Waals surface area (Å²) in [5.74, 6) is -3.27. The molecule has 0 spiro atoms. The van der Waals surface area contributed by atoms with Crippen molar-refractivity contribution in [2.24, 2.45) is 17.8 Å². The van der Waals surface area contributed by atoms with Gasteiger partial charge in [-0.3, -0.25) is 14.4 Å². The SMILES string of the molecule is CC(C)NC(CCCC(=O)NCO[C@@H]1OC(CO)[C@H](O)[C@H](O)C1C)(COCC(=O)CCO[C@@H]1OC(CO)[C@H](O)[C@H](O)C1C)COCC(=O)NCO[C@@H]1OC(CO)[C@H](O)[C@H](O)C1C. The van der Waals surface area contributed by atoms with E-state index in [0.717, 1.165) is 0 Å². The third-order valence-electron chi connectivity index (χ3n) is 11.2. The fourth-order valence-corrected chi connectivity index (χ4v) is 7.38. The molecule has 2 amide bonds. The van der Waals surface area contributed by atoms with Crippen LogP contribution in [0, 0.1) is 17.8 Å². The largest absolute Gasteiger partial charge is 0.394 e. The van der Waals surface area contributed by atoms with Crippen LogP contribution in [0.4, 0.5) is 0 Å². The van der Waals surface area contributed by atoms with Gasteiger partial charge in [0.1, 0.15) is 63.3 Å². The third kappa shape index (κ3) is 16.1. The molecule has 0 aromatic carbocycles. The van der Waals surface area contributed by atoms with Crippen LogP contribution >= 0.6 is 0 Å². The van der Waals surface area contributed by atoms with Crippen molar-refractivity contribution in [2.75, 3.05) is 66.3 Å². The number of rotatable bonds is 27. The first kappa shape index (κ1) is 54.2. The Morgan fingerprint density at radius 2 is 1.02 bits per heavy atom. The van der Waals surface area contributed by atoms with E-state index < -0.39 is 135 Å². The summed E-state index contributed by atoms with van der Waals surface area (Å²) in [6.45, 7) is 5.20. The molecule has 62 heavy (non-hydrogen) atoms. The molecule has 23 heteroatoms. The van der Waals surface area contributed by atoms with E-state index in [4.69, 9.17) is 37.9 Å². The van der Waals surface area contributed by atoms with E-state index in [1.54, 1.807) is 20.8 Å². The minimum Gasteiger partial charge on any atom is -0.394 e. The number of nitrogens with one attached hydrogen (secondary N) is 3. The summed E-state index contributed by atoms with van der Waals surface area (Å²) >= 11 is 0. The van der Waals surface area contributed by atoms with Crippen LogP contribution < -0.4 is 16.0 Å². The van der Waals surface area contributed by atoms with Gasteiger partial charge in [0.25, 0.3) is 0 Å². The average molecular weight is 902 g/mol. The van der Waals surface area contributed by atoms with Gasteiger partial charge in [0.05, 0.1) is 63.5 Å². The normalized spacial score (nSPS) is 35.0. The van der Waals surface area contributed by atoms with E-state index in [0.29, 0.717) is 0 Å². The van der Waals surface area contributed by atoms with Crippen molar-refractivity contribution in [3.8, 4) is 0 Å². The summed E-state index contributed by atoms with van der Waals surface area (Å²) in [6, 6.07) is -0.159. The highest BCUT2D eigenvalue weighted by Gasteiger charge is 2.45. The highest BCUT2D eigenvalue weighted by Crippen LogP contribution is 2.29. The Hall–Kier alpha value is -2.11. The summed E-state index contributed by atoms with van der Waals surface area (Å²) in [7, 11) is 0. The molecule has 12 N–H and O–H groups in total. The Balaban J connectivity index is 1.56. The zero-order valence-electron chi connectivity index (χ0n) is 36.2. The molecule has 3 rings (SSSR count). The molecule has 3 heterocycles. The molecule has 0 aromatic rings. The van der Waals surface area contributed by atoms with Gasteiger partial charge in [0, 0.05) is 36.6 Å². The van der Waals surface area contributed by atoms with E-state index in [1.165, 1.54) is 0 Å². The van der Waals surface area contributed by atoms with Crippen LogP contribution in [-0.4, -0.2) is 215 Å². The molecule has 3 fully saturated rings. The van der Waals surface area contributed by atoms with Crippen LogP contribution in [0.15, 0.2) is 0 Å². The van der Waals surface area contributed by atoms with Crippen LogP contribution in [0.1, 0.15) is 60.3 Å². The van der Waals surface area contributed by atoms with Gasteiger partial charge in [-0.25, -0.2) is 0 Å². The Morgan fingerprint density at radius 3 is 1.45 bits per heavy atom. The Labute approximate surface area is 361 Å². The van der Waals surface area contributed by atoms with Crippen molar-refractivity contribution in [2.45, 2.75) is 146 Å². The molecular formula is C39H71N3O20. The van der Waals surface area contributed by atoms with E-state index in [9.17, 15) is 60.3 Å². The molecule has 362 valence electrons. The fraction of sp³-hybridized carbons (Fsp3) is 0.923. The van der Waals surface area contributed by atoms with Gasteiger partial charge in [-0.05, 0) is 12.8 Å². The van der Waals surface area contributed by atoms with Crippen molar-refractivity contribution in [1.29, 1.82) is 0 Å². The molecule has 3 saturated heterocycles. The summed E-state index contributed by atoms with van der Waals surface area (Å²) in [5.41, 5.74) is -1.02. The summed E-state index contributed by atoms with van der Waals surface area (Å²) in [4.78, 5) is 38.5. The highest BCUT2D eigenvalue weighted by atomic mass is 16.7. The van der Waals surface area contributed by atoms with Gasteiger partial charge in [0.15, 0.2) is 24.7 Å². The number of amides is 2. The van der Waals surface area contributed by atoms with E-state index in [1.807, 2.05) is 13.8 Å². The molecular weight excluding hydrogens is 830 g/mol. The van der Waals surface area contributed by atoms with Crippen LogP contribution in [0.5, 0.6) is 0 Å². The number of ketones is 1. The first-order valence-electron chi connectivity index (χ1n) is 21.1. The standard InChI is InChI=1S/C39H71N3O20/c1-20(2)42-39(9-6-7-28(47)40-18-58-37-22(4)31(50)34(53)26(12-44)61-37,16-55-14-24(46)8-10-57-36-21(3)30(49)33(52)25(11-43)60-36)17-56-15-29(48)41-19-59-38-23(5)32(51)35(54)27(13-45)62-38/h20-23,25-27,30-38,42-45,49-54H,6-19H2,1-5H3,(H,40,47)(H,41,48)/t21?,22?,23?,25?,26?,27?,30-,31-,32-,33+,34+,35+,36-,37-,38-,39?/m1/s1. The molecule has 3 aliphatic rings. The van der Waals surface area contributed by atoms with Crippen molar-refractivity contribution >= 4 is 17.6 Å². The lowest BCUT2D eigenvalue weighted by Gasteiger charge is -2.40. The number of aliphatic hydroxyl groups is 9. The predicted octanol–water partition coefficient (Wildman–Crippen LogP) is -4.69. The topological polar surface area (TPSA) is 343 Å². The number of hydrogen-bond acceptors (Lipinski definition) is 21. The van der Waals surface area contributed by atoms with Crippen molar-refractivity contribution < 1.29 is 98.2 Å². The quantitative estimate of drug-likeness (QED) is 0.0345. The maximum atomic E-state index is 12.9. The molecule has 3 aliphatic heterocycles. The molecule has 16 atom stereocenters. The number of hydrogen-bond donors (Lipinski definition) is 12. The van der Waals surface area contributed by atoms with Crippen LogP contribution in [0.2, 0.25) is 0 Å². The van der Waals surface area contributed by atoms with Gasteiger partial charge in [-0.15, -0.1) is 0 Å². The molecule has 7 unspecified atom stereocenters. The first-order valence-corrected chi connectivity index (χ1v) is 21.1. The van der Waals surface area contributed by atoms with Gasteiger partial charge in [0.2, 0.25) is 11.8 Å². The van der Waals surface area contributed by atoms with E-state index >= 15 is 0 Å². The van der Waals surface area contributed by atoms with Crippen molar-refractivity contribution in [1.82, 2.24) is 16.0 Å². The molecule has 23 nitrogen and oxygen atoms in total. The van der Waals surface area contributed by atoms with Gasteiger partial charge >= 0.3 is 0 Å². The lowest BCUT2D eigenvalue weighted by Crippen LogP contribution is -2.56. The monoisotopic (exact) mass is 901 g/mol. The maximum Gasteiger partial charge on any atom is 0.247 e. The van der Waals surface area contributed by atoms with Gasteiger partial charge < -0.3 is 99.8 Å². The zero-order chi connectivity index (χ0) is 46.1. The molecule has 0 aliphatic carbocycles.